The first-order valence-electron chi connectivity index (χ1n) is 17.8. The molecule has 1 aromatic heterocycles. The molecule has 280 valence electrons. The van der Waals surface area contributed by atoms with Gasteiger partial charge in [-0.2, -0.15) is 0 Å². The Labute approximate surface area is 308 Å². The molecule has 1 aliphatic heterocycles. The number of Topliss-reactive ketones (excluding diaryl/α,β-unsaturated/α-hetero) is 1. The van der Waals surface area contributed by atoms with Crippen molar-refractivity contribution in [2.24, 2.45) is 11.7 Å². The van der Waals surface area contributed by atoms with Crippen LogP contribution in [0.15, 0.2) is 60.8 Å². The highest BCUT2D eigenvalue weighted by Crippen LogP contribution is 2.24. The normalized spacial score (nSPS) is 16.0. The van der Waals surface area contributed by atoms with E-state index in [1.165, 1.54) is 16.8 Å². The summed E-state index contributed by atoms with van der Waals surface area (Å²) in [6, 6.07) is 13.4. The van der Waals surface area contributed by atoms with Crippen LogP contribution in [0.3, 0.4) is 0 Å². The highest BCUT2D eigenvalue weighted by Gasteiger charge is 2.39. The van der Waals surface area contributed by atoms with Crippen molar-refractivity contribution in [2.75, 3.05) is 32.6 Å². The molecule has 1 aliphatic rings. The van der Waals surface area contributed by atoms with Crippen molar-refractivity contribution in [2.45, 2.75) is 76.4 Å². The van der Waals surface area contributed by atoms with Gasteiger partial charge in [0.1, 0.15) is 18.0 Å². The third-order valence-electron chi connectivity index (χ3n) is 9.52. The summed E-state index contributed by atoms with van der Waals surface area (Å²) in [5, 5.41) is 6.34. The lowest BCUT2D eigenvalue weighted by molar-refractivity contribution is -0.150. The Bertz CT molecular complexity index is 1700. The molecule has 0 bridgehead atoms. The highest BCUT2D eigenvalue weighted by atomic mass is 35.5. The number of H-pyrrole nitrogens is 1. The summed E-state index contributed by atoms with van der Waals surface area (Å²) in [6.45, 7) is 2.32. The summed E-state index contributed by atoms with van der Waals surface area (Å²) in [4.78, 5) is 85.6. The molecular weight excluding hydrogens is 688 g/mol. The molecule has 2 aromatic carbocycles. The SMILES string of the molecule is CCOC(=O)[C@H](CCCNC(N)=O)CC(=O)[C@H](Cc1c[nH]c2ccccc12)NC(=O)C1CCCCN1C(=O)[C@H](Cc1ccccc1)N(C)C(=O)CCl. The van der Waals surface area contributed by atoms with E-state index in [-0.39, 0.29) is 56.4 Å². The van der Waals surface area contributed by atoms with E-state index in [0.717, 1.165) is 22.0 Å². The molecule has 14 heteroatoms. The Hall–Kier alpha value is -4.91. The number of likely N-dealkylation sites (N-methyl/N-ethyl adjacent to an activating group) is 1. The van der Waals surface area contributed by atoms with Gasteiger partial charge in [-0.05, 0) is 56.2 Å². The van der Waals surface area contributed by atoms with Crippen LogP contribution in [-0.4, -0.2) is 101 Å². The number of aromatic amines is 1. The van der Waals surface area contributed by atoms with Gasteiger partial charge in [-0.1, -0.05) is 48.5 Å². The number of primary amides is 1. The largest absolute Gasteiger partial charge is 0.466 e. The second-order valence-electron chi connectivity index (χ2n) is 13.1. The predicted molar refractivity (Wildman–Crippen MR) is 197 cm³/mol. The van der Waals surface area contributed by atoms with Gasteiger partial charge in [-0.25, -0.2) is 4.79 Å². The van der Waals surface area contributed by atoms with E-state index in [4.69, 9.17) is 22.1 Å². The highest BCUT2D eigenvalue weighted by molar-refractivity contribution is 6.27. The van der Waals surface area contributed by atoms with Crippen LogP contribution >= 0.6 is 11.6 Å². The fourth-order valence-corrected chi connectivity index (χ4v) is 6.89. The standard InChI is InChI=1S/C38H49ClN6O7/c1-3-52-37(50)26(14-11-18-41-38(40)51)22-33(46)30(21-27-24-42-29-16-8-7-15-28(27)29)43-35(48)31-17-9-10-19-45(31)36(49)32(44(2)34(47)23-39)20-25-12-5-4-6-13-25/h4-8,12-13,15-16,24,26,30-32,42H,3,9-11,14,17-23H2,1-2H3,(H,43,48)(H3,40,41,51)/t26-,30+,31?,32+/m1/s1. The molecule has 13 nitrogen and oxygen atoms in total. The van der Waals surface area contributed by atoms with Gasteiger partial charge in [0.15, 0.2) is 5.78 Å². The van der Waals surface area contributed by atoms with Gasteiger partial charge in [0.05, 0.1) is 18.6 Å². The van der Waals surface area contributed by atoms with Crippen LogP contribution < -0.4 is 16.4 Å². The quantitative estimate of drug-likeness (QED) is 0.0876. The van der Waals surface area contributed by atoms with Gasteiger partial charge in [0, 0.05) is 56.5 Å². The molecule has 1 saturated heterocycles. The number of esters is 1. The minimum atomic E-state index is -1.04. The molecule has 52 heavy (non-hydrogen) atoms. The Morgan fingerprint density at radius 1 is 1.04 bits per heavy atom. The van der Waals surface area contributed by atoms with Crippen molar-refractivity contribution < 1.29 is 33.5 Å². The fourth-order valence-electron chi connectivity index (χ4n) is 6.70. The molecular formula is C38H49ClN6O7. The molecule has 0 aliphatic carbocycles. The van der Waals surface area contributed by atoms with Crippen LogP contribution in [0, 0.1) is 5.92 Å². The molecule has 0 spiro atoms. The van der Waals surface area contributed by atoms with Crippen molar-refractivity contribution in [3.63, 3.8) is 0 Å². The van der Waals surface area contributed by atoms with E-state index < -0.39 is 47.9 Å². The Morgan fingerprint density at radius 3 is 2.48 bits per heavy atom. The molecule has 5 N–H and O–H groups in total. The summed E-state index contributed by atoms with van der Waals surface area (Å²) in [5.74, 6) is -3.32. The summed E-state index contributed by atoms with van der Waals surface area (Å²) in [7, 11) is 1.54. The minimum Gasteiger partial charge on any atom is -0.466 e. The minimum absolute atomic E-state index is 0.126. The van der Waals surface area contributed by atoms with Gasteiger partial charge in [-0.15, -0.1) is 11.6 Å². The number of piperidine rings is 1. The summed E-state index contributed by atoms with van der Waals surface area (Å²) in [6.07, 6.45) is 4.31. The number of alkyl halides is 1. The molecule has 3 aromatic rings. The van der Waals surface area contributed by atoms with Crippen molar-refractivity contribution in [3.05, 3.63) is 71.9 Å². The number of likely N-dealkylation sites (tertiary alicyclic amines) is 1. The average Bonchev–Trinajstić information content (AvgIpc) is 3.56. The van der Waals surface area contributed by atoms with Gasteiger partial charge < -0.3 is 35.9 Å². The molecule has 4 rings (SSSR count). The number of para-hydroxylation sites is 1. The van der Waals surface area contributed by atoms with E-state index in [9.17, 15) is 28.8 Å². The number of hydrogen-bond donors (Lipinski definition) is 4. The third-order valence-corrected chi connectivity index (χ3v) is 9.75. The zero-order valence-corrected chi connectivity index (χ0v) is 30.5. The summed E-state index contributed by atoms with van der Waals surface area (Å²) in [5.41, 5.74) is 7.69. The number of carbonyl (C=O) groups is 6. The molecule has 1 unspecified atom stereocenters. The first-order chi connectivity index (χ1) is 25.0. The van der Waals surface area contributed by atoms with Crippen LogP contribution in [0.4, 0.5) is 4.79 Å². The lowest BCUT2D eigenvalue weighted by atomic mass is 9.91. The van der Waals surface area contributed by atoms with Crippen LogP contribution in [0.2, 0.25) is 0 Å². The van der Waals surface area contributed by atoms with E-state index in [2.05, 4.69) is 15.6 Å². The third kappa shape index (κ3) is 10.8. The number of halogens is 1. The number of nitrogens with two attached hydrogens (primary N) is 1. The molecule has 2 heterocycles. The summed E-state index contributed by atoms with van der Waals surface area (Å²) >= 11 is 5.90. The zero-order valence-electron chi connectivity index (χ0n) is 29.8. The van der Waals surface area contributed by atoms with E-state index in [0.29, 0.717) is 32.2 Å². The molecule has 0 saturated carbocycles. The average molecular weight is 737 g/mol. The lowest BCUT2D eigenvalue weighted by Gasteiger charge is -2.39. The van der Waals surface area contributed by atoms with Gasteiger partial charge in [-0.3, -0.25) is 24.0 Å². The Kier molecular flexibility index (Phi) is 15.1. The number of carbonyl (C=O) groups excluding carboxylic acids is 6. The number of ether oxygens (including phenoxy) is 1. The maximum absolute atomic E-state index is 14.3. The van der Waals surface area contributed by atoms with Gasteiger partial charge >= 0.3 is 12.0 Å². The second kappa shape index (κ2) is 19.6. The maximum Gasteiger partial charge on any atom is 0.312 e. The van der Waals surface area contributed by atoms with E-state index in [1.807, 2.05) is 54.6 Å². The number of fused-ring (bicyclic) bond motifs is 1. The first-order valence-corrected chi connectivity index (χ1v) is 18.3. The van der Waals surface area contributed by atoms with Crippen molar-refractivity contribution >= 4 is 58.0 Å². The number of urea groups is 1. The van der Waals surface area contributed by atoms with Crippen molar-refractivity contribution in [3.8, 4) is 0 Å². The van der Waals surface area contributed by atoms with E-state index in [1.54, 1.807) is 13.1 Å². The van der Waals surface area contributed by atoms with E-state index >= 15 is 0 Å². The van der Waals surface area contributed by atoms with Gasteiger partial charge in [0.25, 0.3) is 0 Å². The fraction of sp³-hybridized carbons (Fsp3) is 0.474. The van der Waals surface area contributed by atoms with Crippen LogP contribution in [0.1, 0.15) is 56.6 Å². The zero-order chi connectivity index (χ0) is 37.6. The lowest BCUT2D eigenvalue weighted by Crippen LogP contribution is -2.59. The van der Waals surface area contributed by atoms with Crippen LogP contribution in [-0.2, 0) is 41.6 Å². The monoisotopic (exact) mass is 736 g/mol. The Balaban J connectivity index is 1.60. The molecule has 1 fully saturated rings. The number of ketones is 1. The molecule has 5 amide bonds. The van der Waals surface area contributed by atoms with Crippen molar-refractivity contribution in [1.29, 1.82) is 0 Å². The topological polar surface area (TPSA) is 184 Å². The summed E-state index contributed by atoms with van der Waals surface area (Å²) < 4.78 is 5.28. The molecule has 4 atom stereocenters. The smallest absolute Gasteiger partial charge is 0.312 e. The van der Waals surface area contributed by atoms with Crippen LogP contribution in [0.25, 0.3) is 10.9 Å². The number of aromatic nitrogens is 1. The van der Waals surface area contributed by atoms with Gasteiger partial charge in [0.2, 0.25) is 17.7 Å². The number of hydrogen-bond acceptors (Lipinski definition) is 7. The number of nitrogens with one attached hydrogen (secondary N) is 3. The predicted octanol–water partition coefficient (Wildman–Crippen LogP) is 3.47. The molecule has 0 radical (unpaired) electrons. The van der Waals surface area contributed by atoms with Crippen LogP contribution in [0.5, 0.6) is 0 Å². The maximum atomic E-state index is 14.3. The number of rotatable bonds is 18. The second-order valence-corrected chi connectivity index (χ2v) is 13.3. The number of nitrogens with zero attached hydrogens (tertiary/aromatic N) is 2. The first kappa shape index (κ1) is 39.9. The number of benzene rings is 2. The number of amides is 5. The van der Waals surface area contributed by atoms with Crippen molar-refractivity contribution in [1.82, 2.24) is 25.4 Å². The Morgan fingerprint density at radius 2 is 1.77 bits per heavy atom.